The van der Waals surface area contributed by atoms with Crippen molar-refractivity contribution < 1.29 is 75.3 Å². The number of carbonyl (C=O) groups is 4. The molecule has 0 bridgehead atoms. The van der Waals surface area contributed by atoms with Gasteiger partial charge in [-0.2, -0.15) is 0 Å². The zero-order chi connectivity index (χ0) is 22.1. The molecule has 0 aromatic heterocycles. The quantitative estimate of drug-likeness (QED) is 0.151. The summed E-state index contributed by atoms with van der Waals surface area (Å²) in [5.74, 6) is -5.44. The number of hydrogen-bond donors (Lipinski definition) is 11. The molecule has 0 aromatic carbocycles. The molecule has 0 amide bonds. The summed E-state index contributed by atoms with van der Waals surface area (Å²) in [7, 11) is 0. The van der Waals surface area contributed by atoms with Crippen molar-refractivity contribution in [2.75, 3.05) is 0 Å². The number of aliphatic carboxylic acids is 3. The molecule has 15 nitrogen and oxygen atoms in total. The van der Waals surface area contributed by atoms with Gasteiger partial charge >= 0.3 is 17.9 Å². The third kappa shape index (κ3) is 8.80. The predicted molar refractivity (Wildman–Crippen MR) is 77.0 cm³/mol. The highest BCUT2D eigenvalue weighted by Crippen LogP contribution is 2.06. The Morgan fingerprint density at radius 1 is 0.519 bits per heavy atom. The van der Waals surface area contributed by atoms with Gasteiger partial charge in [0.15, 0.2) is 24.6 Å². The Balaban J connectivity index is 0. The van der Waals surface area contributed by atoms with Crippen LogP contribution in [-0.4, -0.2) is 129 Å². The molecule has 0 aliphatic heterocycles. The van der Waals surface area contributed by atoms with Crippen LogP contribution in [0, 0.1) is 0 Å². The van der Waals surface area contributed by atoms with Gasteiger partial charge in [-0.3, -0.25) is 0 Å². The van der Waals surface area contributed by atoms with Crippen molar-refractivity contribution in [3.8, 4) is 0 Å². The zero-order valence-electron chi connectivity index (χ0n) is 13.2. The Kier molecular flexibility index (Phi) is 12.2. The number of aldehydes is 1. The van der Waals surface area contributed by atoms with E-state index in [1.54, 1.807) is 0 Å². The van der Waals surface area contributed by atoms with Gasteiger partial charge in [-0.1, -0.05) is 0 Å². The van der Waals surface area contributed by atoms with Gasteiger partial charge in [0.05, 0.1) is 0 Å². The van der Waals surface area contributed by atoms with Crippen LogP contribution in [-0.2, 0) is 19.2 Å². The molecule has 0 heterocycles. The van der Waals surface area contributed by atoms with Gasteiger partial charge in [0.1, 0.15) is 30.5 Å². The second-order valence-electron chi connectivity index (χ2n) is 4.94. The van der Waals surface area contributed by atoms with Gasteiger partial charge in [-0.25, -0.2) is 14.4 Å². The standard InChI is InChI=1S/C6H10O8.C6H10O7/c7-1(3(9)5(11)12)2(8)4(10)6(13)14;7-1-2(8)3(9)4(10)5(11)6(12)13/h1-4,7-10H,(H,11,12)(H,13,14);1-5,8-11H,(H,12,13)/t1-,2+,3+,4-;2-,3+,4-,5-/m.0/s1. The van der Waals surface area contributed by atoms with E-state index in [4.69, 9.17) is 56.2 Å². The first-order chi connectivity index (χ1) is 12.2. The molecule has 0 rings (SSSR count). The monoisotopic (exact) mass is 404 g/mol. The number of aliphatic hydroxyl groups is 8. The molecular formula is C12H20O15. The Bertz CT molecular complexity index is 483. The van der Waals surface area contributed by atoms with E-state index in [-0.39, 0.29) is 6.29 Å². The highest BCUT2D eigenvalue weighted by atomic mass is 16.4. The number of carbonyl (C=O) groups excluding carboxylic acids is 1. The Labute approximate surface area is 149 Å². The molecule has 0 saturated heterocycles. The summed E-state index contributed by atoms with van der Waals surface area (Å²) in [4.78, 5) is 40.1. The van der Waals surface area contributed by atoms with Gasteiger partial charge in [0.25, 0.3) is 0 Å². The lowest BCUT2D eigenvalue weighted by Crippen LogP contribution is -2.49. The van der Waals surface area contributed by atoms with Gasteiger partial charge in [-0.15, -0.1) is 0 Å². The lowest BCUT2D eigenvalue weighted by atomic mass is 10.0. The number of carboxylic acid groups (broad SMARTS) is 3. The van der Waals surface area contributed by atoms with E-state index >= 15 is 0 Å². The van der Waals surface area contributed by atoms with Crippen molar-refractivity contribution in [2.45, 2.75) is 48.8 Å². The Hall–Kier alpha value is -2.24. The van der Waals surface area contributed by atoms with Crippen molar-refractivity contribution in [2.24, 2.45) is 0 Å². The van der Waals surface area contributed by atoms with Crippen LogP contribution < -0.4 is 0 Å². The lowest BCUT2D eigenvalue weighted by Gasteiger charge is -2.21. The van der Waals surface area contributed by atoms with Crippen molar-refractivity contribution >= 4 is 24.2 Å². The van der Waals surface area contributed by atoms with Crippen LogP contribution in [0.25, 0.3) is 0 Å². The van der Waals surface area contributed by atoms with Crippen molar-refractivity contribution in [1.29, 1.82) is 0 Å². The van der Waals surface area contributed by atoms with E-state index in [9.17, 15) is 19.2 Å². The third-order valence-corrected chi connectivity index (χ3v) is 2.92. The average molecular weight is 404 g/mol. The van der Waals surface area contributed by atoms with Crippen molar-refractivity contribution in [3.63, 3.8) is 0 Å². The molecular weight excluding hydrogens is 384 g/mol. The van der Waals surface area contributed by atoms with E-state index in [0.29, 0.717) is 0 Å². The molecule has 0 fully saturated rings. The summed E-state index contributed by atoms with van der Waals surface area (Å²) in [6.45, 7) is 0. The first kappa shape index (κ1) is 27.0. The maximum Gasteiger partial charge on any atom is 0.335 e. The third-order valence-electron chi connectivity index (χ3n) is 2.92. The van der Waals surface area contributed by atoms with Gasteiger partial charge in [-0.05, 0) is 0 Å². The van der Waals surface area contributed by atoms with Gasteiger partial charge in [0, 0.05) is 0 Å². The number of aliphatic hydroxyl groups excluding tert-OH is 8. The smallest absolute Gasteiger partial charge is 0.335 e. The van der Waals surface area contributed by atoms with Crippen LogP contribution in [0.4, 0.5) is 0 Å². The molecule has 27 heavy (non-hydrogen) atoms. The first-order valence-corrected chi connectivity index (χ1v) is 6.78. The van der Waals surface area contributed by atoms with Crippen LogP contribution in [0.15, 0.2) is 0 Å². The second-order valence-corrected chi connectivity index (χ2v) is 4.94. The second kappa shape index (κ2) is 12.2. The topological polar surface area (TPSA) is 291 Å². The van der Waals surface area contributed by atoms with Crippen LogP contribution in [0.2, 0.25) is 0 Å². The Morgan fingerprint density at radius 3 is 0.926 bits per heavy atom. The summed E-state index contributed by atoms with van der Waals surface area (Å²) in [6.07, 6.45) is -17.7. The van der Waals surface area contributed by atoms with Crippen LogP contribution in [0.1, 0.15) is 0 Å². The Morgan fingerprint density at radius 2 is 0.741 bits per heavy atom. The fourth-order valence-electron chi connectivity index (χ4n) is 1.28. The SMILES string of the molecule is O=C(O)[C@@H](O)[C@H](O)[C@H](O)[C@@H](O)C(=O)O.O=C[C@H](O)[C@@H](O)[C@H](O)[C@H](O)C(=O)O. The molecule has 15 heteroatoms. The van der Waals surface area contributed by atoms with E-state index in [1.807, 2.05) is 0 Å². The zero-order valence-corrected chi connectivity index (χ0v) is 13.2. The maximum absolute atomic E-state index is 10.1. The molecule has 8 atom stereocenters. The summed E-state index contributed by atoms with van der Waals surface area (Å²) >= 11 is 0. The lowest BCUT2D eigenvalue weighted by molar-refractivity contribution is -0.172. The minimum Gasteiger partial charge on any atom is -0.479 e. The summed E-state index contributed by atoms with van der Waals surface area (Å²) in [5, 5.41) is 94.6. The normalized spacial score (nSPS) is 19.7. The number of carboxylic acids is 3. The largest absolute Gasteiger partial charge is 0.479 e. The molecule has 0 spiro atoms. The fourth-order valence-corrected chi connectivity index (χ4v) is 1.28. The van der Waals surface area contributed by atoms with Crippen LogP contribution in [0.3, 0.4) is 0 Å². The fraction of sp³-hybridized carbons (Fsp3) is 0.667. The number of hydrogen-bond acceptors (Lipinski definition) is 12. The molecule has 0 radical (unpaired) electrons. The van der Waals surface area contributed by atoms with E-state index in [0.717, 1.165) is 0 Å². The summed E-state index contributed by atoms with van der Waals surface area (Å²) < 4.78 is 0. The van der Waals surface area contributed by atoms with E-state index in [2.05, 4.69) is 0 Å². The van der Waals surface area contributed by atoms with Crippen molar-refractivity contribution in [3.05, 3.63) is 0 Å². The highest BCUT2D eigenvalue weighted by molar-refractivity contribution is 5.75. The molecule has 0 saturated carbocycles. The molecule has 0 aliphatic rings. The van der Waals surface area contributed by atoms with Crippen molar-refractivity contribution in [1.82, 2.24) is 0 Å². The summed E-state index contributed by atoms with van der Waals surface area (Å²) in [5.41, 5.74) is 0. The van der Waals surface area contributed by atoms with Gasteiger partial charge in [0.2, 0.25) is 0 Å². The molecule has 0 aliphatic carbocycles. The average Bonchev–Trinajstić information content (AvgIpc) is 2.62. The molecule has 0 unspecified atom stereocenters. The van der Waals surface area contributed by atoms with Gasteiger partial charge < -0.3 is 61.0 Å². The number of rotatable bonds is 10. The van der Waals surface area contributed by atoms with E-state index < -0.39 is 66.7 Å². The van der Waals surface area contributed by atoms with E-state index in [1.165, 1.54) is 0 Å². The first-order valence-electron chi connectivity index (χ1n) is 6.78. The molecule has 0 aromatic rings. The maximum atomic E-state index is 10.1. The molecule has 11 N–H and O–H groups in total. The minimum absolute atomic E-state index is 0.0809. The van der Waals surface area contributed by atoms with Crippen LogP contribution >= 0.6 is 0 Å². The minimum atomic E-state index is -2.36. The molecule has 158 valence electrons. The highest BCUT2D eigenvalue weighted by Gasteiger charge is 2.37. The predicted octanol–water partition coefficient (Wildman–Crippen LogP) is -6.69. The van der Waals surface area contributed by atoms with Crippen LogP contribution in [0.5, 0.6) is 0 Å². The summed E-state index contributed by atoms with van der Waals surface area (Å²) in [6, 6.07) is 0.